The number of fused-ring (bicyclic) bond motifs is 2. The Morgan fingerprint density at radius 2 is 1.82 bits per heavy atom. The van der Waals surface area contributed by atoms with Crippen LogP contribution in [0.3, 0.4) is 0 Å². The molecule has 0 aliphatic heterocycles. The van der Waals surface area contributed by atoms with Crippen LogP contribution in [0.25, 0.3) is 22.8 Å². The Morgan fingerprint density at radius 1 is 1.00 bits per heavy atom. The van der Waals surface area contributed by atoms with Crippen LogP contribution in [0, 0.1) is 5.92 Å². The molecule has 4 nitrogen and oxygen atoms in total. The van der Waals surface area contributed by atoms with Gasteiger partial charge in [0.25, 0.3) is 0 Å². The molecule has 0 N–H and O–H groups in total. The summed E-state index contributed by atoms with van der Waals surface area (Å²) in [5, 5.41) is 0. The molecule has 0 saturated heterocycles. The van der Waals surface area contributed by atoms with Crippen molar-refractivity contribution in [2.75, 3.05) is 0 Å². The number of aromatic nitrogens is 1. The predicted molar refractivity (Wildman–Crippen MR) is 154 cm³/mol. The standard InChI is InChI=1S/C34H35NO3/c1-4-22-13-16-30(26-14-17-33(37)35(3)21-26)32-20-27(19-31(22)32)34(38)25(12-15-28(36)5-2)18-24-11-10-23-8-6-7-9-29(23)24/h6-9,11,13-14,16-17,19,21,25H,4-5,10,12,15,18,20H2,1-3H3. The zero-order chi connectivity index (χ0) is 26.8. The van der Waals surface area contributed by atoms with E-state index in [1.54, 1.807) is 17.7 Å². The van der Waals surface area contributed by atoms with Crippen LogP contribution in [-0.2, 0) is 35.9 Å². The maximum absolute atomic E-state index is 14.1. The number of benzene rings is 2. The van der Waals surface area contributed by atoms with Gasteiger partial charge in [0.2, 0.25) is 5.56 Å². The lowest BCUT2D eigenvalue weighted by Gasteiger charge is -2.18. The predicted octanol–water partition coefficient (Wildman–Crippen LogP) is 6.53. The van der Waals surface area contributed by atoms with Gasteiger partial charge in [-0.05, 0) is 82.3 Å². The number of nitrogens with zero attached hydrogens (tertiary/aromatic N) is 1. The number of pyridine rings is 1. The van der Waals surface area contributed by atoms with Gasteiger partial charge in [0.1, 0.15) is 5.78 Å². The molecule has 1 heterocycles. The number of ketones is 2. The molecule has 4 heteroatoms. The molecule has 1 aromatic heterocycles. The van der Waals surface area contributed by atoms with Gasteiger partial charge in [0, 0.05) is 50.1 Å². The quantitative estimate of drug-likeness (QED) is 0.315. The average Bonchev–Trinajstić information content (AvgIpc) is 3.56. The van der Waals surface area contributed by atoms with Crippen LogP contribution < -0.4 is 5.56 Å². The van der Waals surface area contributed by atoms with Gasteiger partial charge in [0.05, 0.1) is 0 Å². The number of rotatable bonds is 10. The second-order valence-corrected chi connectivity index (χ2v) is 10.5. The molecule has 0 saturated carbocycles. The second-order valence-electron chi connectivity index (χ2n) is 10.5. The Balaban J connectivity index is 1.46. The molecule has 2 aliphatic rings. The molecule has 1 atom stereocenters. The summed E-state index contributed by atoms with van der Waals surface area (Å²) in [5.41, 5.74) is 10.1. The highest BCUT2D eigenvalue weighted by Gasteiger charge is 2.30. The normalized spacial score (nSPS) is 14.5. The molecule has 0 amide bonds. The van der Waals surface area contributed by atoms with E-state index in [0.717, 1.165) is 40.7 Å². The summed E-state index contributed by atoms with van der Waals surface area (Å²) in [4.78, 5) is 38.3. The summed E-state index contributed by atoms with van der Waals surface area (Å²) < 4.78 is 1.60. The van der Waals surface area contributed by atoms with Crippen molar-refractivity contribution in [3.63, 3.8) is 0 Å². The van der Waals surface area contributed by atoms with Gasteiger partial charge in [-0.3, -0.25) is 14.4 Å². The summed E-state index contributed by atoms with van der Waals surface area (Å²) in [7, 11) is 1.76. The highest BCUT2D eigenvalue weighted by Crippen LogP contribution is 2.40. The molecule has 0 bridgehead atoms. The average molecular weight is 506 g/mol. The van der Waals surface area contributed by atoms with E-state index >= 15 is 0 Å². The zero-order valence-electron chi connectivity index (χ0n) is 22.5. The third-order valence-corrected chi connectivity index (χ3v) is 8.16. The lowest BCUT2D eigenvalue weighted by molar-refractivity contribution is -0.121. The molecule has 2 aliphatic carbocycles. The van der Waals surface area contributed by atoms with Crippen molar-refractivity contribution < 1.29 is 9.59 Å². The Labute approximate surface area is 224 Å². The SMILES string of the molecule is CCC(=O)CCC(CC1=CCc2ccccc21)C(=O)C1=Cc2c(CC)ccc(-c3ccc(=O)n(C)c3)c2C1. The van der Waals surface area contributed by atoms with Crippen LogP contribution >= 0.6 is 0 Å². The molecule has 5 rings (SSSR count). The summed E-state index contributed by atoms with van der Waals surface area (Å²) in [6, 6.07) is 16.1. The van der Waals surface area contributed by atoms with E-state index in [2.05, 4.69) is 55.5 Å². The first-order chi connectivity index (χ1) is 18.4. The van der Waals surface area contributed by atoms with E-state index in [1.807, 2.05) is 19.2 Å². The van der Waals surface area contributed by atoms with Gasteiger partial charge < -0.3 is 4.57 Å². The maximum Gasteiger partial charge on any atom is 0.250 e. The van der Waals surface area contributed by atoms with E-state index < -0.39 is 0 Å². The number of hydrogen-bond acceptors (Lipinski definition) is 3. The zero-order valence-corrected chi connectivity index (χ0v) is 22.5. The first-order valence-electron chi connectivity index (χ1n) is 13.7. The van der Waals surface area contributed by atoms with Crippen molar-refractivity contribution in [3.05, 3.63) is 105 Å². The van der Waals surface area contributed by atoms with Crippen LogP contribution in [0.2, 0.25) is 0 Å². The van der Waals surface area contributed by atoms with Crippen molar-refractivity contribution in [3.8, 4) is 11.1 Å². The number of carbonyl (C=O) groups excluding carboxylic acids is 2. The van der Waals surface area contributed by atoms with E-state index in [-0.39, 0.29) is 23.0 Å². The third kappa shape index (κ3) is 5.00. The van der Waals surface area contributed by atoms with E-state index in [1.165, 1.54) is 22.3 Å². The molecule has 0 radical (unpaired) electrons. The van der Waals surface area contributed by atoms with Crippen molar-refractivity contribution in [1.82, 2.24) is 4.57 Å². The molecule has 38 heavy (non-hydrogen) atoms. The van der Waals surface area contributed by atoms with Gasteiger partial charge in [-0.1, -0.05) is 56.3 Å². The Morgan fingerprint density at radius 3 is 2.58 bits per heavy atom. The fourth-order valence-corrected chi connectivity index (χ4v) is 5.90. The Bertz CT molecular complexity index is 1540. The van der Waals surface area contributed by atoms with Crippen molar-refractivity contribution in [2.45, 2.75) is 58.8 Å². The maximum atomic E-state index is 14.1. The van der Waals surface area contributed by atoms with Crippen LogP contribution in [0.15, 0.2) is 71.2 Å². The molecule has 2 aromatic carbocycles. The van der Waals surface area contributed by atoms with Gasteiger partial charge in [-0.15, -0.1) is 0 Å². The van der Waals surface area contributed by atoms with Gasteiger partial charge >= 0.3 is 0 Å². The molecule has 0 fully saturated rings. The van der Waals surface area contributed by atoms with Crippen molar-refractivity contribution >= 4 is 23.2 Å². The first-order valence-corrected chi connectivity index (χ1v) is 13.7. The molecule has 0 spiro atoms. The van der Waals surface area contributed by atoms with Crippen LogP contribution in [0.5, 0.6) is 0 Å². The van der Waals surface area contributed by atoms with E-state index in [0.29, 0.717) is 32.1 Å². The number of Topliss-reactive ketones (excluding diaryl/α,β-unsaturated/α-hetero) is 2. The topological polar surface area (TPSA) is 56.1 Å². The van der Waals surface area contributed by atoms with Crippen molar-refractivity contribution in [1.29, 1.82) is 0 Å². The summed E-state index contributed by atoms with van der Waals surface area (Å²) in [5.74, 6) is 0.135. The second kappa shape index (κ2) is 10.9. The fraction of sp³-hybridized carbons (Fsp3) is 0.324. The lowest BCUT2D eigenvalue weighted by Crippen LogP contribution is -2.19. The number of hydrogen-bond donors (Lipinski definition) is 0. The van der Waals surface area contributed by atoms with Crippen LogP contribution in [0.4, 0.5) is 0 Å². The summed E-state index contributed by atoms with van der Waals surface area (Å²) in [6.45, 7) is 4.02. The molecule has 1 unspecified atom stereocenters. The van der Waals surface area contributed by atoms with Gasteiger partial charge in [-0.2, -0.15) is 0 Å². The highest BCUT2D eigenvalue weighted by molar-refractivity contribution is 6.05. The largest absolute Gasteiger partial charge is 0.318 e. The van der Waals surface area contributed by atoms with E-state index in [4.69, 9.17) is 0 Å². The minimum Gasteiger partial charge on any atom is -0.318 e. The molecule has 194 valence electrons. The minimum absolute atomic E-state index is 0.0446. The smallest absolute Gasteiger partial charge is 0.250 e. The minimum atomic E-state index is -0.227. The van der Waals surface area contributed by atoms with E-state index in [9.17, 15) is 14.4 Å². The van der Waals surface area contributed by atoms with Gasteiger partial charge in [-0.25, -0.2) is 0 Å². The molecule has 3 aromatic rings. The number of aryl methyl sites for hydroxylation is 2. The summed E-state index contributed by atoms with van der Waals surface area (Å²) in [6.07, 6.45) is 10.7. The Kier molecular flexibility index (Phi) is 7.42. The monoisotopic (exact) mass is 505 g/mol. The Hall–Kier alpha value is -3.79. The van der Waals surface area contributed by atoms with Crippen LogP contribution in [-0.4, -0.2) is 16.1 Å². The number of allylic oxidation sites excluding steroid dienone is 3. The third-order valence-electron chi connectivity index (χ3n) is 8.16. The lowest BCUT2D eigenvalue weighted by atomic mass is 9.84. The van der Waals surface area contributed by atoms with Crippen molar-refractivity contribution in [2.24, 2.45) is 13.0 Å². The van der Waals surface area contributed by atoms with Gasteiger partial charge in [0.15, 0.2) is 5.78 Å². The fourth-order valence-electron chi connectivity index (χ4n) is 5.90. The number of carbonyl (C=O) groups is 2. The van der Waals surface area contributed by atoms with Crippen LogP contribution in [0.1, 0.15) is 67.3 Å². The molecular weight excluding hydrogens is 470 g/mol. The molecular formula is C34H35NO3. The first kappa shape index (κ1) is 25.8. The highest BCUT2D eigenvalue weighted by atomic mass is 16.1. The summed E-state index contributed by atoms with van der Waals surface area (Å²) >= 11 is 0.